The lowest BCUT2D eigenvalue weighted by Crippen LogP contribution is -2.33. The molecule has 0 amide bonds. The van der Waals surface area contributed by atoms with Gasteiger partial charge in [-0.15, -0.1) is 0 Å². The van der Waals surface area contributed by atoms with Crippen molar-refractivity contribution < 1.29 is 9.90 Å². The van der Waals surface area contributed by atoms with Gasteiger partial charge in [0, 0.05) is 37.1 Å². The molecule has 1 unspecified atom stereocenters. The van der Waals surface area contributed by atoms with Crippen LogP contribution in [0.15, 0.2) is 30.3 Å². The molecule has 5 nitrogen and oxygen atoms in total. The summed E-state index contributed by atoms with van der Waals surface area (Å²) in [7, 11) is 0. The van der Waals surface area contributed by atoms with Gasteiger partial charge in [-0.25, -0.2) is 4.98 Å². The quantitative estimate of drug-likeness (QED) is 0.734. The van der Waals surface area contributed by atoms with Crippen molar-refractivity contribution in [2.24, 2.45) is 11.8 Å². The number of pyridine rings is 1. The van der Waals surface area contributed by atoms with Gasteiger partial charge in [-0.2, -0.15) is 0 Å². The van der Waals surface area contributed by atoms with Crippen LogP contribution in [0.5, 0.6) is 0 Å². The number of nitrogens with one attached hydrogen (secondary N) is 1. The zero-order valence-corrected chi connectivity index (χ0v) is 16.4. The Balaban J connectivity index is 1.78. The minimum atomic E-state index is -0.718. The van der Waals surface area contributed by atoms with Crippen molar-refractivity contribution >= 4 is 22.7 Å². The lowest BCUT2D eigenvalue weighted by molar-refractivity contribution is -0.142. The van der Waals surface area contributed by atoms with Crippen LogP contribution < -0.4 is 10.2 Å². The number of aromatic nitrogens is 1. The number of carboxylic acids is 1. The summed E-state index contributed by atoms with van der Waals surface area (Å²) in [5, 5.41) is 14.0. The highest BCUT2D eigenvalue weighted by Crippen LogP contribution is 2.26. The van der Waals surface area contributed by atoms with Crippen LogP contribution in [0, 0.1) is 11.8 Å². The highest BCUT2D eigenvalue weighted by Gasteiger charge is 2.20. The Kier molecular flexibility index (Phi) is 6.67. The number of hydrogen-bond acceptors (Lipinski definition) is 4. The maximum Gasteiger partial charge on any atom is 0.307 e. The largest absolute Gasteiger partial charge is 0.481 e. The number of hydrogen-bond donors (Lipinski definition) is 2. The lowest BCUT2D eigenvalue weighted by atomic mass is 9.97. The van der Waals surface area contributed by atoms with Crippen LogP contribution in [0.25, 0.3) is 10.9 Å². The summed E-state index contributed by atoms with van der Waals surface area (Å²) >= 11 is 0. The molecule has 3 rings (SSSR count). The second-order valence-corrected chi connectivity index (χ2v) is 8.01. The Hall–Kier alpha value is -2.14. The predicted molar refractivity (Wildman–Crippen MR) is 110 cm³/mol. The van der Waals surface area contributed by atoms with Gasteiger partial charge in [0.25, 0.3) is 0 Å². The average Bonchev–Trinajstić information content (AvgIpc) is 2.67. The van der Waals surface area contributed by atoms with Gasteiger partial charge >= 0.3 is 5.97 Å². The normalized spacial score (nSPS) is 16.0. The highest BCUT2D eigenvalue weighted by atomic mass is 16.4. The summed E-state index contributed by atoms with van der Waals surface area (Å²) in [6.45, 7) is 7.35. The van der Waals surface area contributed by atoms with Crippen LogP contribution in [0.3, 0.4) is 0 Å². The first kappa shape index (κ1) is 19.6. The lowest BCUT2D eigenvalue weighted by Gasteiger charge is -2.30. The third kappa shape index (κ3) is 5.19. The summed E-state index contributed by atoms with van der Waals surface area (Å²) in [6, 6.07) is 10.4. The fourth-order valence-corrected chi connectivity index (χ4v) is 3.88. The molecule has 1 aliphatic rings. The molecule has 0 saturated carbocycles. The summed E-state index contributed by atoms with van der Waals surface area (Å²) in [4.78, 5) is 18.8. The molecule has 1 aliphatic heterocycles. The second-order valence-electron chi connectivity index (χ2n) is 8.01. The number of aliphatic carboxylic acids is 1. The van der Waals surface area contributed by atoms with Gasteiger partial charge in [0.1, 0.15) is 5.82 Å². The van der Waals surface area contributed by atoms with E-state index in [-0.39, 0.29) is 5.92 Å². The van der Waals surface area contributed by atoms with Crippen LogP contribution in [-0.4, -0.2) is 35.7 Å². The Morgan fingerprint density at radius 3 is 2.67 bits per heavy atom. The van der Waals surface area contributed by atoms with E-state index >= 15 is 0 Å². The van der Waals surface area contributed by atoms with E-state index in [0.717, 1.165) is 35.4 Å². The number of fused-ring (bicyclic) bond motifs is 1. The van der Waals surface area contributed by atoms with Gasteiger partial charge < -0.3 is 15.3 Å². The van der Waals surface area contributed by atoms with Crippen LogP contribution in [0.1, 0.15) is 45.1 Å². The zero-order valence-electron chi connectivity index (χ0n) is 16.4. The van der Waals surface area contributed by atoms with Crippen molar-refractivity contribution in [3.05, 3.63) is 35.9 Å². The molecule has 1 aromatic carbocycles. The molecule has 1 saturated heterocycles. The van der Waals surface area contributed by atoms with Gasteiger partial charge in [-0.3, -0.25) is 4.79 Å². The molecule has 0 spiro atoms. The van der Waals surface area contributed by atoms with Crippen molar-refractivity contribution in [1.82, 2.24) is 10.3 Å². The topological polar surface area (TPSA) is 65.5 Å². The maximum absolute atomic E-state index is 11.5. The number of benzene rings is 1. The van der Waals surface area contributed by atoms with E-state index in [9.17, 15) is 9.90 Å². The number of carbonyl (C=O) groups is 1. The first-order chi connectivity index (χ1) is 13.0. The number of nitrogens with zero attached hydrogens (tertiary/aromatic N) is 2. The van der Waals surface area contributed by atoms with Gasteiger partial charge in [0.2, 0.25) is 0 Å². The highest BCUT2D eigenvalue weighted by molar-refractivity contribution is 5.81. The van der Waals surface area contributed by atoms with Gasteiger partial charge in [-0.05, 0) is 43.7 Å². The van der Waals surface area contributed by atoms with Crippen molar-refractivity contribution in [2.45, 2.75) is 46.1 Å². The molecule has 0 bridgehead atoms. The number of para-hydroxylation sites is 1. The molecule has 0 aliphatic carbocycles. The van der Waals surface area contributed by atoms with E-state index in [0.29, 0.717) is 25.4 Å². The minimum absolute atomic E-state index is 0.350. The summed E-state index contributed by atoms with van der Waals surface area (Å²) in [5.74, 6) is 0.358. The predicted octanol–water partition coefficient (Wildman–Crippen LogP) is 4.06. The molecule has 1 aromatic heterocycles. The Bertz CT molecular complexity index is 769. The van der Waals surface area contributed by atoms with Crippen LogP contribution in [-0.2, 0) is 11.3 Å². The van der Waals surface area contributed by atoms with E-state index in [1.165, 1.54) is 19.3 Å². The molecular weight excluding hydrogens is 338 g/mol. The van der Waals surface area contributed by atoms with Gasteiger partial charge in [0.15, 0.2) is 0 Å². The molecule has 27 heavy (non-hydrogen) atoms. The molecule has 0 radical (unpaired) electrons. The van der Waals surface area contributed by atoms with Gasteiger partial charge in [-0.1, -0.05) is 32.0 Å². The van der Waals surface area contributed by atoms with E-state index in [2.05, 4.69) is 42.3 Å². The standard InChI is InChI=1S/C22H31N3O2/c1-16(2)12-19(22(26)27)15-23-14-18-13-17-8-4-5-9-20(17)24-21(18)25-10-6-3-7-11-25/h4-5,8-9,13,16,19,23H,3,6-7,10-12,14-15H2,1-2H3,(H,26,27). The van der Waals surface area contributed by atoms with Crippen molar-refractivity contribution in [3.8, 4) is 0 Å². The zero-order chi connectivity index (χ0) is 19.2. The van der Waals surface area contributed by atoms with Crippen LogP contribution in [0.2, 0.25) is 0 Å². The third-order valence-electron chi connectivity index (χ3n) is 5.25. The smallest absolute Gasteiger partial charge is 0.307 e. The fraction of sp³-hybridized carbons (Fsp3) is 0.545. The number of rotatable bonds is 8. The van der Waals surface area contributed by atoms with E-state index in [1.807, 2.05) is 12.1 Å². The van der Waals surface area contributed by atoms with Crippen molar-refractivity contribution in [3.63, 3.8) is 0 Å². The molecule has 2 heterocycles. The van der Waals surface area contributed by atoms with Crippen LogP contribution in [0.4, 0.5) is 5.82 Å². The Labute approximate surface area is 161 Å². The maximum atomic E-state index is 11.5. The second kappa shape index (κ2) is 9.18. The van der Waals surface area contributed by atoms with Crippen LogP contribution >= 0.6 is 0 Å². The number of carboxylic acid groups (broad SMARTS) is 1. The number of piperidine rings is 1. The molecule has 5 heteroatoms. The monoisotopic (exact) mass is 369 g/mol. The average molecular weight is 370 g/mol. The SMILES string of the molecule is CC(C)CC(CNCc1cc2ccccc2nc1N1CCCCC1)C(=O)O. The van der Waals surface area contributed by atoms with Gasteiger partial charge in [0.05, 0.1) is 11.4 Å². The van der Waals surface area contributed by atoms with E-state index < -0.39 is 5.97 Å². The minimum Gasteiger partial charge on any atom is -0.481 e. The molecular formula is C22H31N3O2. The Morgan fingerprint density at radius 1 is 1.22 bits per heavy atom. The fourth-order valence-electron chi connectivity index (χ4n) is 3.88. The van der Waals surface area contributed by atoms with Crippen molar-refractivity contribution in [1.29, 1.82) is 0 Å². The Morgan fingerprint density at radius 2 is 1.96 bits per heavy atom. The first-order valence-electron chi connectivity index (χ1n) is 10.1. The van der Waals surface area contributed by atoms with E-state index in [4.69, 9.17) is 4.98 Å². The third-order valence-corrected chi connectivity index (χ3v) is 5.25. The first-order valence-corrected chi connectivity index (χ1v) is 10.1. The summed E-state index contributed by atoms with van der Waals surface area (Å²) < 4.78 is 0. The molecule has 2 N–H and O–H groups in total. The number of anilines is 1. The summed E-state index contributed by atoms with van der Waals surface area (Å²) in [6.07, 6.45) is 4.39. The molecule has 2 aromatic rings. The molecule has 1 atom stereocenters. The molecule has 1 fully saturated rings. The summed E-state index contributed by atoms with van der Waals surface area (Å²) in [5.41, 5.74) is 2.18. The molecule has 146 valence electrons. The van der Waals surface area contributed by atoms with E-state index in [1.54, 1.807) is 0 Å². The van der Waals surface area contributed by atoms with Crippen molar-refractivity contribution in [2.75, 3.05) is 24.5 Å².